The molecule has 1 rings (SSSR count). The zero-order valence-corrected chi connectivity index (χ0v) is 11.7. The highest BCUT2D eigenvalue weighted by Gasteiger charge is 1.91. The van der Waals surface area contributed by atoms with Crippen LogP contribution in [0.5, 0.6) is 0 Å². The Morgan fingerprint density at radius 3 is 1.88 bits per heavy atom. The Balaban J connectivity index is 0.000000325. The Labute approximate surface area is 110 Å². The van der Waals surface area contributed by atoms with Crippen LogP contribution in [0, 0.1) is 0 Å². The minimum absolute atomic E-state index is 0.341. The molecule has 0 atom stereocenters. The third-order valence-corrected chi connectivity index (χ3v) is 2.48. The molecule has 4 heteroatoms. The van der Waals surface area contributed by atoms with Gasteiger partial charge in [0.2, 0.25) is 0 Å². The molecule has 17 heavy (non-hydrogen) atoms. The molecular formula is C13H22N2OS. The molecule has 0 bridgehead atoms. The lowest BCUT2D eigenvalue weighted by atomic mass is 10.3. The minimum atomic E-state index is -0.341. The summed E-state index contributed by atoms with van der Waals surface area (Å²) in [7, 11) is 0. The van der Waals surface area contributed by atoms with Crippen molar-refractivity contribution in [3.05, 3.63) is 30.3 Å². The van der Waals surface area contributed by atoms with Gasteiger partial charge in [-0.1, -0.05) is 51.6 Å². The van der Waals surface area contributed by atoms with Crippen LogP contribution in [-0.4, -0.2) is 29.8 Å². The van der Waals surface area contributed by atoms with E-state index in [1.165, 1.54) is 19.6 Å². The van der Waals surface area contributed by atoms with Crippen molar-refractivity contribution in [1.82, 2.24) is 4.90 Å². The normalized spacial score (nSPS) is 9.47. The Morgan fingerprint density at radius 2 is 1.59 bits per heavy atom. The van der Waals surface area contributed by atoms with Crippen molar-refractivity contribution >= 4 is 23.6 Å². The van der Waals surface area contributed by atoms with E-state index < -0.39 is 0 Å². The highest BCUT2D eigenvalue weighted by Crippen LogP contribution is 2.05. The number of thiol groups is 1. The van der Waals surface area contributed by atoms with Crippen LogP contribution in [0.3, 0.4) is 0 Å². The maximum absolute atomic E-state index is 10.4. The van der Waals surface area contributed by atoms with Crippen molar-refractivity contribution in [3.8, 4) is 0 Å². The molecule has 0 radical (unpaired) electrons. The van der Waals surface area contributed by atoms with Gasteiger partial charge in [0, 0.05) is 5.69 Å². The number of carbonyl (C=O) groups excluding carboxylic acids is 1. The number of hydrogen-bond donors (Lipinski definition) is 2. The molecule has 3 nitrogen and oxygen atoms in total. The molecule has 0 fully saturated rings. The fraction of sp³-hybridized carbons (Fsp3) is 0.462. The Bertz CT molecular complexity index is 294. The number of benzene rings is 1. The first-order valence-corrected chi connectivity index (χ1v) is 6.36. The minimum Gasteiger partial charge on any atom is -0.317 e. The van der Waals surface area contributed by atoms with E-state index in [9.17, 15) is 4.79 Å². The van der Waals surface area contributed by atoms with E-state index in [-0.39, 0.29) is 5.24 Å². The van der Waals surface area contributed by atoms with Crippen LogP contribution in [0.1, 0.15) is 20.8 Å². The second-order valence-corrected chi connectivity index (χ2v) is 3.82. The van der Waals surface area contributed by atoms with Crippen molar-refractivity contribution in [3.63, 3.8) is 0 Å². The van der Waals surface area contributed by atoms with Crippen molar-refractivity contribution in [1.29, 1.82) is 0 Å². The number of para-hydroxylation sites is 1. The molecule has 0 saturated carbocycles. The highest BCUT2D eigenvalue weighted by molar-refractivity contribution is 7.96. The van der Waals surface area contributed by atoms with Gasteiger partial charge in [0.25, 0.3) is 5.24 Å². The van der Waals surface area contributed by atoms with Gasteiger partial charge in [0.1, 0.15) is 0 Å². The predicted octanol–water partition coefficient (Wildman–Crippen LogP) is 3.50. The number of rotatable bonds is 4. The summed E-state index contributed by atoms with van der Waals surface area (Å²) in [4.78, 5) is 12.7. The predicted molar refractivity (Wildman–Crippen MR) is 77.9 cm³/mol. The summed E-state index contributed by atoms with van der Waals surface area (Å²) in [5.74, 6) is 0. The number of nitrogens with zero attached hydrogens (tertiary/aromatic N) is 1. The summed E-state index contributed by atoms with van der Waals surface area (Å²) in [6.45, 7) is 10.1. The first-order valence-electron chi connectivity index (χ1n) is 5.91. The number of carbonyl (C=O) groups is 1. The number of amides is 1. The average molecular weight is 254 g/mol. The van der Waals surface area contributed by atoms with Gasteiger partial charge in [-0.3, -0.25) is 4.79 Å². The van der Waals surface area contributed by atoms with Crippen LogP contribution in [-0.2, 0) is 0 Å². The third kappa shape index (κ3) is 8.77. The van der Waals surface area contributed by atoms with Gasteiger partial charge >= 0.3 is 0 Å². The van der Waals surface area contributed by atoms with Gasteiger partial charge < -0.3 is 10.2 Å². The monoisotopic (exact) mass is 254 g/mol. The molecule has 96 valence electrons. The van der Waals surface area contributed by atoms with Gasteiger partial charge in [-0.2, -0.15) is 0 Å². The smallest absolute Gasteiger partial charge is 0.280 e. The van der Waals surface area contributed by atoms with E-state index in [1.54, 1.807) is 12.1 Å². The van der Waals surface area contributed by atoms with Crippen LogP contribution in [0.25, 0.3) is 0 Å². The van der Waals surface area contributed by atoms with Gasteiger partial charge in [-0.05, 0) is 31.8 Å². The van der Waals surface area contributed by atoms with Gasteiger partial charge in [-0.25, -0.2) is 0 Å². The van der Waals surface area contributed by atoms with Gasteiger partial charge in [0.15, 0.2) is 0 Å². The first-order chi connectivity index (χ1) is 8.13. The Morgan fingerprint density at radius 1 is 1.12 bits per heavy atom. The first kappa shape index (κ1) is 16.0. The number of anilines is 1. The lowest BCUT2D eigenvalue weighted by molar-refractivity contribution is 0.270. The summed E-state index contributed by atoms with van der Waals surface area (Å²) in [6, 6.07) is 9.18. The van der Waals surface area contributed by atoms with E-state index in [4.69, 9.17) is 0 Å². The molecule has 0 spiro atoms. The zero-order valence-electron chi connectivity index (χ0n) is 10.8. The maximum Gasteiger partial charge on any atom is 0.280 e. The second-order valence-electron chi connectivity index (χ2n) is 3.42. The van der Waals surface area contributed by atoms with Gasteiger partial charge in [-0.15, -0.1) is 0 Å². The lowest BCUT2D eigenvalue weighted by Gasteiger charge is -2.13. The molecule has 0 aromatic heterocycles. The fourth-order valence-corrected chi connectivity index (χ4v) is 1.44. The largest absolute Gasteiger partial charge is 0.317 e. The molecule has 0 heterocycles. The maximum atomic E-state index is 10.4. The van der Waals surface area contributed by atoms with E-state index >= 15 is 0 Å². The molecule has 0 aliphatic rings. The molecule has 1 amide bonds. The SMILES string of the molecule is CCN(CC)CC.O=C(S)Nc1ccccc1. The highest BCUT2D eigenvalue weighted by atomic mass is 32.1. The Kier molecular flexibility index (Phi) is 9.57. The van der Waals surface area contributed by atoms with E-state index in [1.807, 2.05) is 18.2 Å². The number of nitrogens with one attached hydrogen (secondary N) is 1. The standard InChI is InChI=1S/C7H7NOS.C6H15N/c9-7(10)8-6-4-2-1-3-5-6;1-4-7(5-2)6-3/h1-5H,(H2,8,9,10);4-6H2,1-3H3. The van der Waals surface area contributed by atoms with E-state index in [2.05, 4.69) is 43.6 Å². The summed E-state index contributed by atoms with van der Waals surface area (Å²) in [6.07, 6.45) is 0. The van der Waals surface area contributed by atoms with Crippen LogP contribution < -0.4 is 5.32 Å². The van der Waals surface area contributed by atoms with Crippen molar-refractivity contribution in [2.75, 3.05) is 25.0 Å². The Hall–Kier alpha value is -1.00. The molecule has 0 aliphatic carbocycles. The van der Waals surface area contributed by atoms with Crippen LogP contribution >= 0.6 is 12.6 Å². The zero-order chi connectivity index (χ0) is 13.1. The fourth-order valence-electron chi connectivity index (χ4n) is 1.32. The molecule has 0 unspecified atom stereocenters. The van der Waals surface area contributed by atoms with Crippen molar-refractivity contribution in [2.24, 2.45) is 0 Å². The summed E-state index contributed by atoms with van der Waals surface area (Å²) >= 11 is 3.56. The quantitative estimate of drug-likeness (QED) is 0.806. The lowest BCUT2D eigenvalue weighted by Crippen LogP contribution is -2.21. The molecule has 0 aliphatic heterocycles. The van der Waals surface area contributed by atoms with Crippen molar-refractivity contribution < 1.29 is 4.79 Å². The second kappa shape index (κ2) is 10.2. The van der Waals surface area contributed by atoms with Crippen LogP contribution in [0.4, 0.5) is 10.5 Å². The van der Waals surface area contributed by atoms with Crippen LogP contribution in [0.15, 0.2) is 30.3 Å². The molecule has 1 N–H and O–H groups in total. The number of hydrogen-bond acceptors (Lipinski definition) is 2. The average Bonchev–Trinajstić information content (AvgIpc) is 2.32. The molecule has 1 aromatic rings. The molecule has 1 aromatic carbocycles. The molecule has 0 saturated heterocycles. The summed E-state index contributed by atoms with van der Waals surface area (Å²) in [5, 5.41) is 2.19. The van der Waals surface area contributed by atoms with E-state index in [0.717, 1.165) is 5.69 Å². The van der Waals surface area contributed by atoms with Crippen molar-refractivity contribution in [2.45, 2.75) is 20.8 Å². The van der Waals surface area contributed by atoms with E-state index in [0.29, 0.717) is 0 Å². The van der Waals surface area contributed by atoms with Gasteiger partial charge in [0.05, 0.1) is 0 Å². The van der Waals surface area contributed by atoms with Crippen LogP contribution in [0.2, 0.25) is 0 Å². The third-order valence-electron chi connectivity index (χ3n) is 2.37. The summed E-state index contributed by atoms with van der Waals surface area (Å²) < 4.78 is 0. The topological polar surface area (TPSA) is 32.3 Å². The molecular weight excluding hydrogens is 232 g/mol. The summed E-state index contributed by atoms with van der Waals surface area (Å²) in [5.41, 5.74) is 0.766.